The zero-order valence-electron chi connectivity index (χ0n) is 14.0. The maximum absolute atomic E-state index is 13.3. The molecule has 0 radical (unpaired) electrons. The van der Waals surface area contributed by atoms with Crippen molar-refractivity contribution in [3.8, 4) is 11.3 Å². The number of pyridine rings is 1. The summed E-state index contributed by atoms with van der Waals surface area (Å²) in [4.78, 5) is 23.3. The van der Waals surface area contributed by atoms with E-state index in [1.54, 1.807) is 30.6 Å². The highest BCUT2D eigenvalue weighted by Crippen LogP contribution is 2.21. The highest BCUT2D eigenvalue weighted by Gasteiger charge is 2.09. The number of carboxylic acids is 1. The standard InChI is InChI=1S/C18H15F2N5O2/c19-13-4-11(5-14(20)6-13)8-22-16-7-15(12-2-1-3-21-9-12)24-18(25-16)23-10-17(26)27/h1-7,9H,8,10H2,(H,26,27)(H2,22,23,24,25). The first-order valence-electron chi connectivity index (χ1n) is 7.93. The van der Waals surface area contributed by atoms with Gasteiger partial charge in [0.15, 0.2) is 0 Å². The summed E-state index contributed by atoms with van der Waals surface area (Å²) in [6, 6.07) is 8.39. The highest BCUT2D eigenvalue weighted by molar-refractivity contribution is 5.72. The summed E-state index contributed by atoms with van der Waals surface area (Å²) in [6.45, 7) is -0.235. The molecule has 3 aromatic rings. The van der Waals surface area contributed by atoms with E-state index in [1.165, 1.54) is 12.1 Å². The van der Waals surface area contributed by atoms with Gasteiger partial charge < -0.3 is 15.7 Å². The molecule has 2 aromatic heterocycles. The molecule has 3 N–H and O–H groups in total. The molecule has 0 aliphatic rings. The number of benzene rings is 1. The first-order chi connectivity index (χ1) is 13.0. The maximum Gasteiger partial charge on any atom is 0.322 e. The number of rotatable bonds is 7. The Balaban J connectivity index is 1.86. The van der Waals surface area contributed by atoms with Gasteiger partial charge in [0.1, 0.15) is 24.0 Å². The fraction of sp³-hybridized carbons (Fsp3) is 0.111. The lowest BCUT2D eigenvalue weighted by molar-refractivity contribution is -0.134. The van der Waals surface area contributed by atoms with Gasteiger partial charge in [-0.2, -0.15) is 4.98 Å². The molecular weight excluding hydrogens is 356 g/mol. The molecule has 9 heteroatoms. The third-order valence-electron chi connectivity index (χ3n) is 3.48. The molecule has 1 aromatic carbocycles. The van der Waals surface area contributed by atoms with E-state index in [9.17, 15) is 13.6 Å². The summed E-state index contributed by atoms with van der Waals surface area (Å²) >= 11 is 0. The molecule has 0 saturated carbocycles. The molecule has 0 saturated heterocycles. The Hall–Kier alpha value is -3.62. The van der Waals surface area contributed by atoms with Gasteiger partial charge >= 0.3 is 5.97 Å². The van der Waals surface area contributed by atoms with Crippen LogP contribution in [0.4, 0.5) is 20.5 Å². The molecule has 138 valence electrons. The lowest BCUT2D eigenvalue weighted by Gasteiger charge is -2.11. The third-order valence-corrected chi connectivity index (χ3v) is 3.48. The minimum absolute atomic E-state index is 0.103. The van der Waals surface area contributed by atoms with Crippen LogP contribution >= 0.6 is 0 Å². The Morgan fingerprint density at radius 2 is 1.85 bits per heavy atom. The van der Waals surface area contributed by atoms with E-state index in [4.69, 9.17) is 5.11 Å². The Kier molecular flexibility index (Phi) is 5.50. The normalized spacial score (nSPS) is 10.4. The van der Waals surface area contributed by atoms with Crippen molar-refractivity contribution < 1.29 is 18.7 Å². The van der Waals surface area contributed by atoms with Crippen molar-refractivity contribution >= 4 is 17.7 Å². The fourth-order valence-corrected chi connectivity index (χ4v) is 2.34. The lowest BCUT2D eigenvalue weighted by atomic mass is 10.2. The van der Waals surface area contributed by atoms with Gasteiger partial charge in [-0.25, -0.2) is 13.8 Å². The smallest absolute Gasteiger partial charge is 0.322 e. The van der Waals surface area contributed by atoms with Gasteiger partial charge in [0, 0.05) is 36.6 Å². The van der Waals surface area contributed by atoms with Crippen molar-refractivity contribution in [3.63, 3.8) is 0 Å². The van der Waals surface area contributed by atoms with Gasteiger partial charge in [-0.3, -0.25) is 9.78 Å². The number of aromatic nitrogens is 3. The minimum Gasteiger partial charge on any atom is -0.480 e. The molecule has 0 atom stereocenters. The molecule has 27 heavy (non-hydrogen) atoms. The van der Waals surface area contributed by atoms with Gasteiger partial charge in [0.25, 0.3) is 0 Å². The molecule has 0 amide bonds. The van der Waals surface area contributed by atoms with Crippen LogP contribution < -0.4 is 10.6 Å². The van der Waals surface area contributed by atoms with Crippen LogP contribution in [-0.2, 0) is 11.3 Å². The minimum atomic E-state index is -1.06. The molecule has 0 spiro atoms. The van der Waals surface area contributed by atoms with E-state index in [0.717, 1.165) is 6.07 Å². The van der Waals surface area contributed by atoms with Gasteiger partial charge in [0.05, 0.1) is 5.69 Å². The zero-order chi connectivity index (χ0) is 19.2. The predicted molar refractivity (Wildman–Crippen MR) is 95.1 cm³/mol. The average Bonchev–Trinajstić information content (AvgIpc) is 2.64. The monoisotopic (exact) mass is 371 g/mol. The van der Waals surface area contributed by atoms with Crippen LogP contribution in [0.1, 0.15) is 5.56 Å². The Labute approximate surface area is 153 Å². The summed E-state index contributed by atoms with van der Waals surface area (Å²) in [5.74, 6) is -1.94. The number of halogens is 2. The summed E-state index contributed by atoms with van der Waals surface area (Å²) in [5.41, 5.74) is 1.62. The van der Waals surface area contributed by atoms with E-state index in [0.29, 0.717) is 22.6 Å². The number of nitrogens with one attached hydrogen (secondary N) is 2. The Morgan fingerprint density at radius 1 is 1.07 bits per heavy atom. The number of carbonyl (C=O) groups is 1. The number of nitrogens with zero attached hydrogens (tertiary/aromatic N) is 3. The van der Waals surface area contributed by atoms with Gasteiger partial charge in [-0.1, -0.05) is 0 Å². The predicted octanol–water partition coefficient (Wildman–Crippen LogP) is 2.93. The molecule has 0 aliphatic heterocycles. The first kappa shape index (κ1) is 18.2. The van der Waals surface area contributed by atoms with Crippen molar-refractivity contribution in [1.29, 1.82) is 0 Å². The van der Waals surface area contributed by atoms with Crippen molar-refractivity contribution in [2.75, 3.05) is 17.2 Å². The van der Waals surface area contributed by atoms with Crippen LogP contribution in [0.3, 0.4) is 0 Å². The summed E-state index contributed by atoms with van der Waals surface area (Å²) in [6.07, 6.45) is 3.22. The van der Waals surface area contributed by atoms with E-state index in [2.05, 4.69) is 25.6 Å². The molecule has 0 bridgehead atoms. The van der Waals surface area contributed by atoms with E-state index < -0.39 is 17.6 Å². The van der Waals surface area contributed by atoms with Crippen LogP contribution in [-0.4, -0.2) is 32.6 Å². The second-order valence-electron chi connectivity index (χ2n) is 5.58. The third kappa shape index (κ3) is 5.18. The van der Waals surface area contributed by atoms with Crippen LogP contribution in [0.25, 0.3) is 11.3 Å². The molecule has 0 fully saturated rings. The van der Waals surface area contributed by atoms with Gasteiger partial charge in [-0.15, -0.1) is 0 Å². The van der Waals surface area contributed by atoms with Crippen molar-refractivity contribution in [2.24, 2.45) is 0 Å². The van der Waals surface area contributed by atoms with Crippen molar-refractivity contribution in [3.05, 3.63) is 66.0 Å². The van der Waals surface area contributed by atoms with Crippen molar-refractivity contribution in [2.45, 2.75) is 6.54 Å². The quantitative estimate of drug-likeness (QED) is 0.587. The number of aliphatic carboxylic acids is 1. The van der Waals surface area contributed by atoms with Crippen molar-refractivity contribution in [1.82, 2.24) is 15.0 Å². The van der Waals surface area contributed by atoms with Crippen LogP contribution in [0, 0.1) is 11.6 Å². The van der Waals surface area contributed by atoms with Gasteiger partial charge in [0.2, 0.25) is 5.95 Å². The van der Waals surface area contributed by atoms with E-state index in [1.807, 2.05) is 0 Å². The topological polar surface area (TPSA) is 100 Å². The molecule has 7 nitrogen and oxygen atoms in total. The van der Waals surface area contributed by atoms with E-state index >= 15 is 0 Å². The van der Waals surface area contributed by atoms with E-state index in [-0.39, 0.29) is 19.0 Å². The Morgan fingerprint density at radius 3 is 2.52 bits per heavy atom. The first-order valence-corrected chi connectivity index (χ1v) is 7.93. The highest BCUT2D eigenvalue weighted by atomic mass is 19.1. The number of hydrogen-bond acceptors (Lipinski definition) is 6. The van der Waals surface area contributed by atoms with Crippen LogP contribution in [0.5, 0.6) is 0 Å². The van der Waals surface area contributed by atoms with Gasteiger partial charge in [-0.05, 0) is 29.8 Å². The molecule has 0 aliphatic carbocycles. The molecule has 2 heterocycles. The molecule has 0 unspecified atom stereocenters. The largest absolute Gasteiger partial charge is 0.480 e. The maximum atomic E-state index is 13.3. The summed E-state index contributed by atoms with van der Waals surface area (Å²) in [5, 5.41) is 14.4. The number of anilines is 2. The zero-order valence-corrected chi connectivity index (χ0v) is 14.0. The summed E-state index contributed by atoms with van der Waals surface area (Å²) in [7, 11) is 0. The molecular formula is C18H15F2N5O2. The second kappa shape index (κ2) is 8.17. The summed E-state index contributed by atoms with van der Waals surface area (Å²) < 4.78 is 26.6. The molecule has 3 rings (SSSR count). The number of hydrogen-bond donors (Lipinski definition) is 3. The Bertz CT molecular complexity index is 933. The van der Waals surface area contributed by atoms with Crippen LogP contribution in [0.15, 0.2) is 48.8 Å². The fourth-order valence-electron chi connectivity index (χ4n) is 2.34. The SMILES string of the molecule is O=C(O)CNc1nc(NCc2cc(F)cc(F)c2)cc(-c2cccnc2)n1. The average molecular weight is 371 g/mol. The number of carboxylic acid groups (broad SMARTS) is 1. The second-order valence-corrected chi connectivity index (χ2v) is 5.58. The van der Waals surface area contributed by atoms with Crippen LogP contribution in [0.2, 0.25) is 0 Å². The lowest BCUT2D eigenvalue weighted by Crippen LogP contribution is -2.15.